The number of carbonyl (C=O) groups excluding carboxylic acids is 1. The van der Waals surface area contributed by atoms with Gasteiger partial charge < -0.3 is 20.1 Å². The maximum absolute atomic E-state index is 13.0. The van der Waals surface area contributed by atoms with Crippen molar-refractivity contribution in [3.05, 3.63) is 24.0 Å². The van der Waals surface area contributed by atoms with Gasteiger partial charge in [0.05, 0.1) is 24.9 Å². The van der Waals surface area contributed by atoms with E-state index in [0.29, 0.717) is 24.4 Å². The average molecular weight is 268 g/mol. The van der Waals surface area contributed by atoms with Gasteiger partial charge in [0, 0.05) is 19.7 Å². The third-order valence-corrected chi connectivity index (χ3v) is 3.16. The number of ether oxygens (including phenoxy) is 2. The predicted molar refractivity (Wildman–Crippen MR) is 68.8 cm³/mol. The highest BCUT2D eigenvalue weighted by Gasteiger charge is 2.29. The van der Waals surface area contributed by atoms with Crippen LogP contribution in [-0.4, -0.2) is 38.8 Å². The Kier molecular flexibility index (Phi) is 4.34. The first-order chi connectivity index (χ1) is 9.13. The highest BCUT2D eigenvalue weighted by Crippen LogP contribution is 2.25. The van der Waals surface area contributed by atoms with Crippen molar-refractivity contribution in [2.75, 3.05) is 26.1 Å². The van der Waals surface area contributed by atoms with Crippen molar-refractivity contribution in [2.45, 2.75) is 18.6 Å². The second-order valence-electron chi connectivity index (χ2n) is 4.39. The van der Waals surface area contributed by atoms with E-state index in [0.717, 1.165) is 0 Å². The van der Waals surface area contributed by atoms with Gasteiger partial charge in [-0.3, -0.25) is 4.79 Å². The van der Waals surface area contributed by atoms with E-state index in [2.05, 4.69) is 10.6 Å². The number of hydrogen-bond acceptors (Lipinski definition) is 4. The average Bonchev–Trinajstić information content (AvgIpc) is 2.89. The van der Waals surface area contributed by atoms with E-state index in [-0.39, 0.29) is 18.1 Å². The SMILES string of the molecule is COc1cc(F)ccc1NC(=O)C1CC(OC)CN1. The predicted octanol–water partition coefficient (Wildman–Crippen LogP) is 1.15. The van der Waals surface area contributed by atoms with Crippen LogP contribution in [-0.2, 0) is 9.53 Å². The van der Waals surface area contributed by atoms with E-state index in [1.807, 2.05) is 0 Å². The number of methoxy groups -OCH3 is 2. The number of amides is 1. The van der Waals surface area contributed by atoms with Gasteiger partial charge in [0.25, 0.3) is 0 Å². The summed E-state index contributed by atoms with van der Waals surface area (Å²) in [5, 5.41) is 5.80. The number of nitrogens with one attached hydrogen (secondary N) is 2. The summed E-state index contributed by atoms with van der Waals surface area (Å²) < 4.78 is 23.3. The summed E-state index contributed by atoms with van der Waals surface area (Å²) in [5.41, 5.74) is 0.455. The second-order valence-corrected chi connectivity index (χ2v) is 4.39. The maximum atomic E-state index is 13.0. The molecule has 19 heavy (non-hydrogen) atoms. The van der Waals surface area contributed by atoms with E-state index in [1.54, 1.807) is 7.11 Å². The van der Waals surface area contributed by atoms with Gasteiger partial charge in [-0.2, -0.15) is 0 Å². The van der Waals surface area contributed by atoms with Gasteiger partial charge >= 0.3 is 0 Å². The normalized spacial score (nSPS) is 22.3. The van der Waals surface area contributed by atoms with Gasteiger partial charge in [-0.15, -0.1) is 0 Å². The molecule has 1 aromatic carbocycles. The van der Waals surface area contributed by atoms with Crippen LogP contribution in [0.15, 0.2) is 18.2 Å². The maximum Gasteiger partial charge on any atom is 0.241 e. The fraction of sp³-hybridized carbons (Fsp3) is 0.462. The zero-order chi connectivity index (χ0) is 13.8. The van der Waals surface area contributed by atoms with Crippen molar-refractivity contribution in [3.63, 3.8) is 0 Å². The molecule has 1 aliphatic heterocycles. The van der Waals surface area contributed by atoms with Crippen LogP contribution in [0.25, 0.3) is 0 Å². The molecule has 104 valence electrons. The molecule has 2 atom stereocenters. The summed E-state index contributed by atoms with van der Waals surface area (Å²) in [4.78, 5) is 12.1. The van der Waals surface area contributed by atoms with Gasteiger partial charge in [0.1, 0.15) is 11.6 Å². The first-order valence-corrected chi connectivity index (χ1v) is 6.04. The molecule has 0 aromatic heterocycles. The van der Waals surface area contributed by atoms with Crippen LogP contribution in [0.5, 0.6) is 5.75 Å². The van der Waals surface area contributed by atoms with Crippen LogP contribution >= 0.6 is 0 Å². The van der Waals surface area contributed by atoms with Crippen molar-refractivity contribution in [2.24, 2.45) is 0 Å². The zero-order valence-corrected chi connectivity index (χ0v) is 10.9. The van der Waals surface area contributed by atoms with Crippen molar-refractivity contribution < 1.29 is 18.7 Å². The molecule has 2 unspecified atom stereocenters. The Bertz CT molecular complexity index is 467. The number of halogens is 1. The molecular weight excluding hydrogens is 251 g/mol. The topological polar surface area (TPSA) is 59.6 Å². The molecule has 2 N–H and O–H groups in total. The van der Waals surface area contributed by atoms with Gasteiger partial charge in [0.2, 0.25) is 5.91 Å². The number of carbonyl (C=O) groups is 1. The van der Waals surface area contributed by atoms with E-state index >= 15 is 0 Å². The zero-order valence-electron chi connectivity index (χ0n) is 10.9. The monoisotopic (exact) mass is 268 g/mol. The number of benzene rings is 1. The fourth-order valence-electron chi connectivity index (χ4n) is 2.07. The number of anilines is 1. The summed E-state index contributed by atoms with van der Waals surface area (Å²) in [5.74, 6) is -0.285. The van der Waals surface area contributed by atoms with E-state index < -0.39 is 5.82 Å². The minimum absolute atomic E-state index is 0.0471. The lowest BCUT2D eigenvalue weighted by atomic mass is 10.2. The Labute approximate surface area is 111 Å². The second kappa shape index (κ2) is 5.99. The molecule has 0 radical (unpaired) electrons. The fourth-order valence-corrected chi connectivity index (χ4v) is 2.07. The first kappa shape index (κ1) is 13.8. The molecule has 0 spiro atoms. The lowest BCUT2D eigenvalue weighted by Crippen LogP contribution is -2.35. The quantitative estimate of drug-likeness (QED) is 0.860. The van der Waals surface area contributed by atoms with Crippen LogP contribution in [0.2, 0.25) is 0 Å². The summed E-state index contributed by atoms with van der Waals surface area (Å²) in [6.07, 6.45) is 0.664. The highest BCUT2D eigenvalue weighted by atomic mass is 19.1. The van der Waals surface area contributed by atoms with Crippen LogP contribution in [0.1, 0.15) is 6.42 Å². The van der Waals surface area contributed by atoms with Crippen LogP contribution in [0.4, 0.5) is 10.1 Å². The minimum atomic E-state index is -0.409. The summed E-state index contributed by atoms with van der Waals surface area (Å²) >= 11 is 0. The van der Waals surface area contributed by atoms with Crippen LogP contribution < -0.4 is 15.4 Å². The van der Waals surface area contributed by atoms with Crippen molar-refractivity contribution in [1.29, 1.82) is 0 Å². The molecule has 0 bridgehead atoms. The summed E-state index contributed by atoms with van der Waals surface area (Å²) in [6, 6.07) is 3.68. The molecule has 1 saturated heterocycles. The van der Waals surface area contributed by atoms with Crippen molar-refractivity contribution in [3.8, 4) is 5.75 Å². The van der Waals surface area contributed by atoms with Crippen LogP contribution in [0, 0.1) is 5.82 Å². The molecule has 1 fully saturated rings. The Hall–Kier alpha value is -1.66. The molecule has 0 saturated carbocycles. The minimum Gasteiger partial charge on any atom is -0.494 e. The molecule has 2 rings (SSSR count). The van der Waals surface area contributed by atoms with Crippen molar-refractivity contribution in [1.82, 2.24) is 5.32 Å². The van der Waals surface area contributed by atoms with Gasteiger partial charge in [-0.05, 0) is 18.6 Å². The molecule has 1 heterocycles. The first-order valence-electron chi connectivity index (χ1n) is 6.04. The van der Waals surface area contributed by atoms with Gasteiger partial charge in [0.15, 0.2) is 0 Å². The molecule has 6 heteroatoms. The van der Waals surface area contributed by atoms with Gasteiger partial charge in [-0.25, -0.2) is 4.39 Å². The van der Waals surface area contributed by atoms with E-state index in [9.17, 15) is 9.18 Å². The van der Waals surface area contributed by atoms with Crippen LogP contribution in [0.3, 0.4) is 0 Å². The van der Waals surface area contributed by atoms with E-state index in [4.69, 9.17) is 9.47 Å². The summed E-state index contributed by atoms with van der Waals surface area (Å²) in [6.45, 7) is 0.648. The Morgan fingerprint density at radius 3 is 2.89 bits per heavy atom. The molecule has 1 aliphatic rings. The number of hydrogen-bond donors (Lipinski definition) is 2. The molecule has 5 nitrogen and oxygen atoms in total. The molecule has 1 amide bonds. The third-order valence-electron chi connectivity index (χ3n) is 3.16. The third kappa shape index (κ3) is 3.21. The largest absolute Gasteiger partial charge is 0.494 e. The smallest absolute Gasteiger partial charge is 0.241 e. The lowest BCUT2D eigenvalue weighted by Gasteiger charge is -2.13. The standard InChI is InChI=1S/C13H17FN2O3/c1-18-9-6-11(15-7-9)13(17)16-10-4-3-8(14)5-12(10)19-2/h3-5,9,11,15H,6-7H2,1-2H3,(H,16,17). The Morgan fingerprint density at radius 2 is 2.26 bits per heavy atom. The molecule has 1 aromatic rings. The Morgan fingerprint density at radius 1 is 1.47 bits per heavy atom. The van der Waals surface area contributed by atoms with Gasteiger partial charge in [-0.1, -0.05) is 0 Å². The molecule has 0 aliphatic carbocycles. The Balaban J connectivity index is 2.03. The number of rotatable bonds is 4. The van der Waals surface area contributed by atoms with E-state index in [1.165, 1.54) is 25.3 Å². The van der Waals surface area contributed by atoms with Crippen molar-refractivity contribution >= 4 is 11.6 Å². The highest BCUT2D eigenvalue weighted by molar-refractivity contribution is 5.96. The summed E-state index contributed by atoms with van der Waals surface area (Å²) in [7, 11) is 3.05. The molecular formula is C13H17FN2O3. The lowest BCUT2D eigenvalue weighted by molar-refractivity contribution is -0.118.